The average Bonchev–Trinajstić information content (AvgIpc) is 3.23. The number of amides is 1. The van der Waals surface area contributed by atoms with E-state index < -0.39 is 6.67 Å². The van der Waals surface area contributed by atoms with E-state index in [0.717, 1.165) is 27.5 Å². The number of carbonyl (C=O) groups excluding carboxylic acids is 1. The molecule has 0 aliphatic carbocycles. The second-order valence-corrected chi connectivity index (χ2v) is 9.23. The zero-order chi connectivity index (χ0) is 23.3. The van der Waals surface area contributed by atoms with Gasteiger partial charge in [0.25, 0.3) is 5.91 Å². The third-order valence-corrected chi connectivity index (χ3v) is 5.97. The molecule has 0 fully saturated rings. The van der Waals surface area contributed by atoms with Gasteiger partial charge in [-0.25, -0.2) is 4.39 Å². The minimum atomic E-state index is -0.612. The zero-order valence-corrected chi connectivity index (χ0v) is 19.8. The number of thioether (sulfide) groups is 1. The van der Waals surface area contributed by atoms with Crippen molar-refractivity contribution in [1.29, 1.82) is 0 Å². The maximum absolute atomic E-state index is 13.0. The molecule has 1 unspecified atom stereocenters. The van der Waals surface area contributed by atoms with Crippen LogP contribution in [0.15, 0.2) is 77.1 Å². The Kier molecular flexibility index (Phi) is 7.85. The first kappa shape index (κ1) is 23.7. The van der Waals surface area contributed by atoms with Crippen molar-refractivity contribution in [2.45, 2.75) is 39.3 Å². The van der Waals surface area contributed by atoms with E-state index in [1.807, 2.05) is 69.1 Å². The van der Waals surface area contributed by atoms with Crippen molar-refractivity contribution in [3.63, 3.8) is 0 Å². The highest BCUT2D eigenvalue weighted by atomic mass is 32.2. The van der Waals surface area contributed by atoms with Gasteiger partial charge in [-0.3, -0.25) is 4.79 Å². The lowest BCUT2D eigenvalue weighted by Crippen LogP contribution is -2.34. The molecule has 2 heterocycles. The molecule has 0 bridgehead atoms. The van der Waals surface area contributed by atoms with Gasteiger partial charge >= 0.3 is 0 Å². The molecule has 2 N–H and O–H groups in total. The fraction of sp³-hybridized carbons (Fsp3) is 0.320. The van der Waals surface area contributed by atoms with E-state index in [4.69, 9.17) is 4.74 Å². The van der Waals surface area contributed by atoms with Gasteiger partial charge in [-0.05, 0) is 62.6 Å². The molecule has 1 aromatic carbocycles. The van der Waals surface area contributed by atoms with Gasteiger partial charge in [0, 0.05) is 23.3 Å². The van der Waals surface area contributed by atoms with Gasteiger partial charge in [0.05, 0.1) is 6.10 Å². The highest BCUT2D eigenvalue weighted by Crippen LogP contribution is 2.38. The third-order valence-electron chi connectivity index (χ3n) is 4.93. The van der Waals surface area contributed by atoms with E-state index in [1.54, 1.807) is 17.8 Å². The Morgan fingerprint density at radius 2 is 2.03 bits per heavy atom. The molecule has 5 nitrogen and oxygen atoms in total. The lowest BCUT2D eigenvalue weighted by atomic mass is 10.1. The van der Waals surface area contributed by atoms with Crippen LogP contribution < -0.4 is 15.4 Å². The highest BCUT2D eigenvalue weighted by molar-refractivity contribution is 8.03. The molecule has 2 aliphatic rings. The first-order valence-corrected chi connectivity index (χ1v) is 11.4. The van der Waals surface area contributed by atoms with Crippen LogP contribution in [0.3, 0.4) is 0 Å². The van der Waals surface area contributed by atoms with Crippen molar-refractivity contribution >= 4 is 23.2 Å². The molecule has 0 saturated heterocycles. The number of rotatable bonds is 9. The summed E-state index contributed by atoms with van der Waals surface area (Å²) in [4.78, 5) is 15.9. The standard InChI is InChI=1S/C25H30FN3O2S/c1-16(2)31-22-10-8-21(9-11-22)17(3)6-7-20(12-13-26)14-27-24(30)23-19(5)28-25-29(23)15-18(4)32-25/h6-12,15-16,25,28H,3,13-14H2,1-2,4-5H3,(H,27,30)/b7-6-,20-12+. The molecule has 7 heteroatoms. The van der Waals surface area contributed by atoms with E-state index in [2.05, 4.69) is 17.2 Å². The Bertz CT molecular complexity index is 993. The quantitative estimate of drug-likeness (QED) is 0.509. The first-order valence-electron chi connectivity index (χ1n) is 10.6. The number of nitrogens with zero attached hydrogens (tertiary/aromatic N) is 1. The van der Waals surface area contributed by atoms with Crippen LogP contribution in [0.2, 0.25) is 0 Å². The molecule has 3 rings (SSSR count). The van der Waals surface area contributed by atoms with Crippen molar-refractivity contribution < 1.29 is 13.9 Å². The second-order valence-electron chi connectivity index (χ2n) is 7.90. The zero-order valence-electron chi connectivity index (χ0n) is 18.9. The van der Waals surface area contributed by atoms with Crippen LogP contribution in [0.4, 0.5) is 4.39 Å². The van der Waals surface area contributed by atoms with Gasteiger partial charge in [0.15, 0.2) is 5.50 Å². The topological polar surface area (TPSA) is 53.6 Å². The Morgan fingerprint density at radius 1 is 1.31 bits per heavy atom. The number of hydrogen-bond acceptors (Lipinski definition) is 5. The first-order chi connectivity index (χ1) is 15.3. The second kappa shape index (κ2) is 10.6. The molecule has 1 aromatic rings. The minimum absolute atomic E-state index is 0.0251. The molecule has 2 aliphatic heterocycles. The van der Waals surface area contributed by atoms with Gasteiger partial charge in [-0.2, -0.15) is 0 Å². The van der Waals surface area contributed by atoms with E-state index in [1.165, 1.54) is 6.08 Å². The molecule has 1 amide bonds. The number of hydrogen-bond donors (Lipinski definition) is 2. The summed E-state index contributed by atoms with van der Waals surface area (Å²) >= 11 is 1.67. The Hall–Kier alpha value is -2.93. The maximum Gasteiger partial charge on any atom is 0.270 e. The van der Waals surface area contributed by atoms with Gasteiger partial charge in [-0.15, -0.1) is 0 Å². The summed E-state index contributed by atoms with van der Waals surface area (Å²) in [5.74, 6) is 0.609. The number of halogens is 1. The summed E-state index contributed by atoms with van der Waals surface area (Å²) in [5.41, 5.74) is 3.85. The molecular weight excluding hydrogens is 425 g/mol. The number of allylic oxidation sites excluding steroid dienone is 5. The molecule has 1 atom stereocenters. The van der Waals surface area contributed by atoms with Gasteiger partial charge in [0.2, 0.25) is 0 Å². The lowest BCUT2D eigenvalue weighted by molar-refractivity contribution is -0.118. The van der Waals surface area contributed by atoms with E-state index in [-0.39, 0.29) is 24.1 Å². The highest BCUT2D eigenvalue weighted by Gasteiger charge is 2.36. The monoisotopic (exact) mass is 455 g/mol. The summed E-state index contributed by atoms with van der Waals surface area (Å²) < 4.78 is 18.7. The third kappa shape index (κ3) is 5.85. The normalized spacial score (nSPS) is 18.2. The largest absolute Gasteiger partial charge is 0.491 e. The van der Waals surface area contributed by atoms with Crippen molar-refractivity contribution in [3.8, 4) is 5.75 Å². The van der Waals surface area contributed by atoms with Crippen LogP contribution in [-0.4, -0.2) is 35.6 Å². The Labute approximate surface area is 193 Å². The number of alkyl halides is 1. The average molecular weight is 456 g/mol. The van der Waals surface area contributed by atoms with E-state index >= 15 is 0 Å². The molecular formula is C25H30FN3O2S. The van der Waals surface area contributed by atoms with Crippen LogP contribution in [-0.2, 0) is 4.79 Å². The van der Waals surface area contributed by atoms with E-state index in [0.29, 0.717) is 11.3 Å². The van der Waals surface area contributed by atoms with Crippen molar-refractivity contribution in [1.82, 2.24) is 15.5 Å². The molecule has 0 saturated carbocycles. The summed E-state index contributed by atoms with van der Waals surface area (Å²) in [7, 11) is 0. The van der Waals surface area contributed by atoms with Gasteiger partial charge < -0.3 is 20.3 Å². The SMILES string of the molecule is C=C(/C=C\C(=C/CF)CNC(=O)C1=C(C)NC2SC(C)=CN12)c1ccc(OC(C)C)cc1. The van der Waals surface area contributed by atoms with Gasteiger partial charge in [-0.1, -0.05) is 42.6 Å². The minimum Gasteiger partial charge on any atom is -0.491 e. The number of fused-ring (bicyclic) bond motifs is 1. The molecule has 0 spiro atoms. The Balaban J connectivity index is 1.60. The van der Waals surface area contributed by atoms with Crippen molar-refractivity contribution in [2.24, 2.45) is 0 Å². The van der Waals surface area contributed by atoms with Crippen LogP contribution in [0.25, 0.3) is 5.57 Å². The van der Waals surface area contributed by atoms with E-state index in [9.17, 15) is 9.18 Å². The molecule has 0 aromatic heterocycles. The summed E-state index contributed by atoms with van der Waals surface area (Å²) in [6.45, 7) is 11.6. The predicted octanol–water partition coefficient (Wildman–Crippen LogP) is 5.08. The number of nitrogens with one attached hydrogen (secondary N) is 2. The smallest absolute Gasteiger partial charge is 0.270 e. The Morgan fingerprint density at radius 3 is 2.69 bits per heavy atom. The van der Waals surface area contributed by atoms with Crippen molar-refractivity contribution in [3.05, 3.63) is 82.7 Å². The van der Waals surface area contributed by atoms with Crippen LogP contribution in [0, 0.1) is 0 Å². The molecule has 32 heavy (non-hydrogen) atoms. The van der Waals surface area contributed by atoms with Crippen molar-refractivity contribution in [2.75, 3.05) is 13.2 Å². The fourth-order valence-corrected chi connectivity index (χ4v) is 4.47. The maximum atomic E-state index is 13.0. The number of benzene rings is 1. The predicted molar refractivity (Wildman–Crippen MR) is 130 cm³/mol. The molecule has 170 valence electrons. The molecule has 0 radical (unpaired) electrons. The van der Waals surface area contributed by atoms with Gasteiger partial charge in [0.1, 0.15) is 18.1 Å². The van der Waals surface area contributed by atoms with Crippen LogP contribution in [0.1, 0.15) is 33.3 Å². The fourth-order valence-electron chi connectivity index (χ4n) is 3.43. The number of carbonyl (C=O) groups is 1. The summed E-state index contributed by atoms with van der Waals surface area (Å²) in [6.07, 6.45) is 7.14. The number of ether oxygens (including phenoxy) is 1. The summed E-state index contributed by atoms with van der Waals surface area (Å²) in [6, 6.07) is 7.68. The van der Waals surface area contributed by atoms with Crippen LogP contribution in [0.5, 0.6) is 5.75 Å². The van der Waals surface area contributed by atoms with Crippen LogP contribution >= 0.6 is 11.8 Å². The lowest BCUT2D eigenvalue weighted by Gasteiger charge is -2.18. The summed E-state index contributed by atoms with van der Waals surface area (Å²) in [5, 5.41) is 6.22.